The number of nitrogens with one attached hydrogen (secondary N) is 1. The van der Waals surface area contributed by atoms with Crippen molar-refractivity contribution in [3.63, 3.8) is 0 Å². The molecule has 0 aliphatic carbocycles. The molecule has 0 atom stereocenters. The first kappa shape index (κ1) is 17.0. The van der Waals surface area contributed by atoms with Gasteiger partial charge in [0.2, 0.25) is 0 Å². The summed E-state index contributed by atoms with van der Waals surface area (Å²) in [6.07, 6.45) is 1.83. The van der Waals surface area contributed by atoms with Crippen LogP contribution in [0.5, 0.6) is 5.75 Å². The van der Waals surface area contributed by atoms with Crippen LogP contribution in [0.15, 0.2) is 53.6 Å². The van der Waals surface area contributed by atoms with E-state index >= 15 is 0 Å². The fourth-order valence-corrected chi connectivity index (χ4v) is 2.78. The second-order valence-electron chi connectivity index (χ2n) is 6.36. The van der Waals surface area contributed by atoms with Crippen molar-refractivity contribution in [3.05, 3.63) is 65.2 Å². The maximum atomic E-state index is 5.49. The van der Waals surface area contributed by atoms with Crippen LogP contribution in [0.3, 0.4) is 0 Å². The molecule has 1 aromatic heterocycles. The zero-order valence-corrected chi connectivity index (χ0v) is 15.1. The molecule has 2 aromatic carbocycles. The molecule has 3 aromatic rings. The summed E-state index contributed by atoms with van der Waals surface area (Å²) < 4.78 is 5.49. The van der Waals surface area contributed by atoms with Gasteiger partial charge in [-0.2, -0.15) is 5.10 Å². The number of hydrogen-bond acceptors (Lipinski definition) is 4. The third kappa shape index (κ3) is 3.79. The highest BCUT2D eigenvalue weighted by Crippen LogP contribution is 2.29. The van der Waals surface area contributed by atoms with Crippen LogP contribution in [0, 0.1) is 6.92 Å². The maximum absolute atomic E-state index is 5.49. The summed E-state index contributed by atoms with van der Waals surface area (Å²) in [5, 5.41) is 5.47. The van der Waals surface area contributed by atoms with Gasteiger partial charge in [-0.05, 0) is 59.9 Å². The number of anilines is 1. The second-order valence-corrected chi connectivity index (χ2v) is 6.36. The largest absolute Gasteiger partial charge is 0.496 e. The Morgan fingerprint density at radius 2 is 1.92 bits per heavy atom. The molecule has 0 saturated carbocycles. The molecule has 128 valence electrons. The lowest BCUT2D eigenvalue weighted by Gasteiger charge is -2.14. The third-order valence-electron chi connectivity index (χ3n) is 4.22. The van der Waals surface area contributed by atoms with Gasteiger partial charge in [0.05, 0.1) is 18.8 Å². The van der Waals surface area contributed by atoms with Crippen LogP contribution >= 0.6 is 0 Å². The van der Waals surface area contributed by atoms with Crippen LogP contribution in [-0.2, 0) is 0 Å². The number of aromatic nitrogens is 1. The van der Waals surface area contributed by atoms with Gasteiger partial charge in [-0.3, -0.25) is 5.43 Å². The van der Waals surface area contributed by atoms with Crippen LogP contribution < -0.4 is 10.2 Å². The molecule has 0 unspecified atom stereocenters. The number of ether oxygens (including phenoxy) is 1. The summed E-state index contributed by atoms with van der Waals surface area (Å²) >= 11 is 0. The highest BCUT2D eigenvalue weighted by atomic mass is 16.5. The summed E-state index contributed by atoms with van der Waals surface area (Å²) in [5.41, 5.74) is 7.34. The van der Waals surface area contributed by atoms with Gasteiger partial charge in [-0.25, -0.2) is 4.98 Å². The van der Waals surface area contributed by atoms with Gasteiger partial charge in [-0.1, -0.05) is 32.0 Å². The van der Waals surface area contributed by atoms with Crippen LogP contribution in [0.4, 0.5) is 5.82 Å². The fourth-order valence-electron chi connectivity index (χ4n) is 2.78. The van der Waals surface area contributed by atoms with E-state index in [4.69, 9.17) is 4.74 Å². The molecular formula is C21H23N3O. The minimum Gasteiger partial charge on any atom is -0.496 e. The number of benzene rings is 2. The zero-order valence-electron chi connectivity index (χ0n) is 15.1. The summed E-state index contributed by atoms with van der Waals surface area (Å²) in [6, 6.07) is 16.2. The SMILES string of the molecule is COc1cc(C)c(/C=N\Nc2ccc3ccccc3n2)cc1C(C)C. The van der Waals surface area contributed by atoms with Crippen molar-refractivity contribution in [1.82, 2.24) is 4.98 Å². The lowest BCUT2D eigenvalue weighted by molar-refractivity contribution is 0.407. The smallest absolute Gasteiger partial charge is 0.146 e. The third-order valence-corrected chi connectivity index (χ3v) is 4.22. The van der Waals surface area contributed by atoms with E-state index in [9.17, 15) is 0 Å². The van der Waals surface area contributed by atoms with Crippen LogP contribution in [-0.4, -0.2) is 18.3 Å². The standard InChI is InChI=1S/C21H23N3O/c1-14(2)18-12-17(15(3)11-20(18)25-4)13-22-24-21-10-9-16-7-5-6-8-19(16)23-21/h5-14H,1-4H3,(H,23,24)/b22-13-. The first-order valence-electron chi connectivity index (χ1n) is 8.42. The molecule has 0 fully saturated rings. The predicted octanol–water partition coefficient (Wildman–Crippen LogP) is 5.12. The molecule has 4 heteroatoms. The minimum absolute atomic E-state index is 0.387. The second kappa shape index (κ2) is 7.34. The number of aryl methyl sites for hydroxylation is 1. The predicted molar refractivity (Wildman–Crippen MR) is 105 cm³/mol. The van der Waals surface area contributed by atoms with Gasteiger partial charge >= 0.3 is 0 Å². The number of hydrogen-bond donors (Lipinski definition) is 1. The van der Waals surface area contributed by atoms with Crippen molar-refractivity contribution in [3.8, 4) is 5.75 Å². The number of rotatable bonds is 5. The number of fused-ring (bicyclic) bond motifs is 1. The van der Waals surface area contributed by atoms with E-state index in [1.54, 1.807) is 7.11 Å². The fraction of sp³-hybridized carbons (Fsp3) is 0.238. The normalized spacial score (nSPS) is 11.4. The molecule has 4 nitrogen and oxygen atoms in total. The number of nitrogens with zero attached hydrogens (tertiary/aromatic N) is 2. The number of para-hydroxylation sites is 1. The molecule has 0 spiro atoms. The highest BCUT2D eigenvalue weighted by molar-refractivity contribution is 5.84. The Labute approximate surface area is 148 Å². The molecule has 25 heavy (non-hydrogen) atoms. The van der Waals surface area contributed by atoms with E-state index in [0.29, 0.717) is 5.92 Å². The van der Waals surface area contributed by atoms with E-state index in [2.05, 4.69) is 48.4 Å². The number of hydrazone groups is 1. The Hall–Kier alpha value is -2.88. The van der Waals surface area contributed by atoms with E-state index in [-0.39, 0.29) is 0 Å². The molecule has 1 N–H and O–H groups in total. The molecule has 0 saturated heterocycles. The quantitative estimate of drug-likeness (QED) is 0.520. The highest BCUT2D eigenvalue weighted by Gasteiger charge is 2.10. The Balaban J connectivity index is 1.82. The number of pyridine rings is 1. The minimum atomic E-state index is 0.387. The van der Waals surface area contributed by atoms with Gasteiger partial charge in [0.25, 0.3) is 0 Å². The van der Waals surface area contributed by atoms with Gasteiger partial charge in [-0.15, -0.1) is 0 Å². The molecule has 3 rings (SSSR count). The van der Waals surface area contributed by atoms with E-state index in [1.165, 1.54) is 5.56 Å². The van der Waals surface area contributed by atoms with Crippen molar-refractivity contribution in [1.29, 1.82) is 0 Å². The molecule has 0 aliphatic rings. The van der Waals surface area contributed by atoms with Crippen molar-refractivity contribution in [2.45, 2.75) is 26.7 Å². The Morgan fingerprint density at radius 3 is 2.68 bits per heavy atom. The van der Waals surface area contributed by atoms with Gasteiger partial charge < -0.3 is 4.74 Å². The van der Waals surface area contributed by atoms with E-state index in [1.807, 2.05) is 42.6 Å². The van der Waals surface area contributed by atoms with E-state index < -0.39 is 0 Å². The van der Waals surface area contributed by atoms with Gasteiger partial charge in [0.15, 0.2) is 0 Å². The first-order valence-corrected chi connectivity index (χ1v) is 8.42. The van der Waals surface area contributed by atoms with E-state index in [0.717, 1.165) is 33.6 Å². The van der Waals surface area contributed by atoms with Gasteiger partial charge in [0.1, 0.15) is 11.6 Å². The molecule has 0 aliphatic heterocycles. The summed E-state index contributed by atoms with van der Waals surface area (Å²) in [6.45, 7) is 6.37. The average Bonchev–Trinajstić information content (AvgIpc) is 2.62. The Kier molecular flexibility index (Phi) is 4.98. The Morgan fingerprint density at radius 1 is 1.12 bits per heavy atom. The van der Waals surface area contributed by atoms with Crippen LogP contribution in [0.25, 0.3) is 10.9 Å². The summed E-state index contributed by atoms with van der Waals surface area (Å²) in [4.78, 5) is 4.56. The topological polar surface area (TPSA) is 46.5 Å². The lowest BCUT2D eigenvalue weighted by atomic mass is 9.97. The zero-order chi connectivity index (χ0) is 17.8. The van der Waals surface area contributed by atoms with Crippen molar-refractivity contribution < 1.29 is 4.74 Å². The molecule has 0 radical (unpaired) electrons. The van der Waals surface area contributed by atoms with Crippen molar-refractivity contribution >= 4 is 22.9 Å². The first-order chi connectivity index (χ1) is 12.1. The van der Waals surface area contributed by atoms with Crippen molar-refractivity contribution in [2.75, 3.05) is 12.5 Å². The van der Waals surface area contributed by atoms with Crippen molar-refractivity contribution in [2.24, 2.45) is 5.10 Å². The summed E-state index contributed by atoms with van der Waals surface area (Å²) in [5.74, 6) is 2.04. The monoisotopic (exact) mass is 333 g/mol. The molecule has 1 heterocycles. The van der Waals surface area contributed by atoms with Crippen LogP contribution in [0.1, 0.15) is 36.5 Å². The molecular weight excluding hydrogens is 310 g/mol. The average molecular weight is 333 g/mol. The maximum Gasteiger partial charge on any atom is 0.146 e. The lowest BCUT2D eigenvalue weighted by Crippen LogP contribution is -2.00. The van der Waals surface area contributed by atoms with Crippen LogP contribution in [0.2, 0.25) is 0 Å². The number of methoxy groups -OCH3 is 1. The molecule has 0 amide bonds. The summed E-state index contributed by atoms with van der Waals surface area (Å²) in [7, 11) is 1.71. The Bertz CT molecular complexity index is 916. The van der Waals surface area contributed by atoms with Gasteiger partial charge in [0, 0.05) is 5.39 Å². The molecule has 0 bridgehead atoms.